The highest BCUT2D eigenvalue weighted by Gasteiger charge is 2.25. The predicted molar refractivity (Wildman–Crippen MR) is 110 cm³/mol. The molecule has 27 heavy (non-hydrogen) atoms. The molecule has 0 aliphatic heterocycles. The van der Waals surface area contributed by atoms with E-state index in [1.807, 2.05) is 0 Å². The Morgan fingerprint density at radius 1 is 0.667 bits per heavy atom. The van der Waals surface area contributed by atoms with Gasteiger partial charge in [-0.1, -0.05) is 18.2 Å². The van der Waals surface area contributed by atoms with E-state index in [2.05, 4.69) is 35.0 Å². The summed E-state index contributed by atoms with van der Waals surface area (Å²) in [4.78, 5) is 9.79. The summed E-state index contributed by atoms with van der Waals surface area (Å²) in [7, 11) is 0. The molecule has 0 saturated heterocycles. The van der Waals surface area contributed by atoms with E-state index < -0.39 is 0 Å². The van der Waals surface area contributed by atoms with Crippen molar-refractivity contribution in [3.05, 3.63) is 53.1 Å². The van der Waals surface area contributed by atoms with Gasteiger partial charge in [0.15, 0.2) is 0 Å². The minimum Gasteiger partial charge on any atom is -0.305 e. The molecule has 0 unspecified atom stereocenters. The molecule has 132 valence electrons. The molecule has 3 heteroatoms. The first-order chi connectivity index (χ1) is 13.4. The number of fused-ring (bicyclic) bond motifs is 10. The van der Waals surface area contributed by atoms with E-state index in [4.69, 9.17) is 9.97 Å². The number of aromatic nitrogens is 3. The molecule has 5 aromatic rings. The fourth-order valence-corrected chi connectivity index (χ4v) is 5.82. The van der Waals surface area contributed by atoms with Gasteiger partial charge in [0.25, 0.3) is 0 Å². The van der Waals surface area contributed by atoms with Gasteiger partial charge in [0, 0.05) is 32.9 Å². The van der Waals surface area contributed by atoms with E-state index in [0.717, 1.165) is 25.7 Å². The standard InChI is InChI=1S/C24H21N3/c1-3-10-18-14(6-1)22-16-8-5-9-17-23-15-7-2-4-11-19(15)26-13-21(23)27(24(16)17)20(22)12-25-18/h5,8-9,12-13H,1-4,6-7,10-11H2. The lowest BCUT2D eigenvalue weighted by atomic mass is 9.91. The molecule has 2 aliphatic rings. The number of hydrogen-bond acceptors (Lipinski definition) is 2. The molecule has 0 radical (unpaired) electrons. The molecule has 2 aliphatic carbocycles. The number of para-hydroxylation sites is 1. The van der Waals surface area contributed by atoms with E-state index >= 15 is 0 Å². The first-order valence-corrected chi connectivity index (χ1v) is 10.4. The van der Waals surface area contributed by atoms with E-state index in [-0.39, 0.29) is 0 Å². The van der Waals surface area contributed by atoms with Crippen LogP contribution in [0.25, 0.3) is 38.1 Å². The van der Waals surface area contributed by atoms with Crippen molar-refractivity contribution in [1.29, 1.82) is 0 Å². The van der Waals surface area contributed by atoms with Crippen molar-refractivity contribution in [2.45, 2.75) is 51.4 Å². The minimum atomic E-state index is 1.13. The zero-order valence-corrected chi connectivity index (χ0v) is 15.4. The van der Waals surface area contributed by atoms with Gasteiger partial charge in [-0.05, 0) is 62.5 Å². The summed E-state index contributed by atoms with van der Waals surface area (Å²) >= 11 is 0. The Kier molecular flexibility index (Phi) is 2.65. The average Bonchev–Trinajstić information content (AvgIpc) is 3.26. The van der Waals surface area contributed by atoms with Crippen LogP contribution in [-0.2, 0) is 25.7 Å². The SMILES string of the molecule is c1cc2c3c4c(ncc3n3c5cnc6c(c5c(c1)c23)CCCC6)CCCC4. The molecular formula is C24H21N3. The summed E-state index contributed by atoms with van der Waals surface area (Å²) in [6, 6.07) is 6.89. The number of pyridine rings is 2. The number of nitrogens with zero attached hydrogens (tertiary/aromatic N) is 3. The third-order valence-corrected chi connectivity index (χ3v) is 6.96. The molecule has 7 rings (SSSR count). The Labute approximate surface area is 157 Å². The third kappa shape index (κ3) is 1.68. The number of rotatable bonds is 0. The second-order valence-corrected chi connectivity index (χ2v) is 8.34. The van der Waals surface area contributed by atoms with Crippen molar-refractivity contribution in [3.63, 3.8) is 0 Å². The molecule has 0 amide bonds. The molecular weight excluding hydrogens is 330 g/mol. The first kappa shape index (κ1) is 14.4. The zero-order valence-electron chi connectivity index (χ0n) is 15.4. The van der Waals surface area contributed by atoms with Crippen LogP contribution in [0.3, 0.4) is 0 Å². The zero-order chi connectivity index (χ0) is 17.5. The summed E-state index contributed by atoms with van der Waals surface area (Å²) in [5.41, 5.74) is 9.56. The molecule has 0 saturated carbocycles. The van der Waals surface area contributed by atoms with Crippen molar-refractivity contribution >= 4 is 38.1 Å². The van der Waals surface area contributed by atoms with Crippen LogP contribution in [0.2, 0.25) is 0 Å². The van der Waals surface area contributed by atoms with Gasteiger partial charge >= 0.3 is 0 Å². The lowest BCUT2D eigenvalue weighted by molar-refractivity contribution is 0.672. The normalized spacial score (nSPS) is 17.2. The van der Waals surface area contributed by atoms with Gasteiger partial charge in [0.1, 0.15) is 0 Å². The molecule has 1 aromatic carbocycles. The van der Waals surface area contributed by atoms with Gasteiger partial charge in [0.2, 0.25) is 0 Å². The summed E-state index contributed by atoms with van der Waals surface area (Å²) in [5, 5.41) is 5.70. The van der Waals surface area contributed by atoms with Crippen LogP contribution in [0, 0.1) is 0 Å². The molecule has 4 aromatic heterocycles. The van der Waals surface area contributed by atoms with Crippen molar-refractivity contribution < 1.29 is 0 Å². The quantitative estimate of drug-likeness (QED) is 0.375. The van der Waals surface area contributed by atoms with Gasteiger partial charge in [-0.15, -0.1) is 0 Å². The van der Waals surface area contributed by atoms with Crippen LogP contribution >= 0.6 is 0 Å². The molecule has 0 fully saturated rings. The second kappa shape index (κ2) is 4.98. The van der Waals surface area contributed by atoms with Crippen molar-refractivity contribution in [3.8, 4) is 0 Å². The molecule has 0 spiro atoms. The Balaban J connectivity index is 1.75. The minimum absolute atomic E-state index is 1.13. The molecule has 0 N–H and O–H groups in total. The van der Waals surface area contributed by atoms with Crippen molar-refractivity contribution in [1.82, 2.24) is 14.4 Å². The maximum absolute atomic E-state index is 4.89. The van der Waals surface area contributed by atoms with E-state index in [9.17, 15) is 0 Å². The number of aryl methyl sites for hydroxylation is 4. The fraction of sp³-hybridized carbons (Fsp3) is 0.333. The summed E-state index contributed by atoms with van der Waals surface area (Å²) < 4.78 is 2.46. The maximum Gasteiger partial charge on any atom is 0.0728 e. The Morgan fingerprint density at radius 2 is 1.19 bits per heavy atom. The van der Waals surface area contributed by atoms with Gasteiger partial charge in [-0.2, -0.15) is 0 Å². The molecule has 0 bridgehead atoms. The van der Waals surface area contributed by atoms with Crippen LogP contribution < -0.4 is 0 Å². The van der Waals surface area contributed by atoms with Gasteiger partial charge in [-0.25, -0.2) is 0 Å². The molecule has 0 atom stereocenters. The lowest BCUT2D eigenvalue weighted by Crippen LogP contribution is -2.06. The van der Waals surface area contributed by atoms with Gasteiger partial charge in [-0.3, -0.25) is 9.97 Å². The monoisotopic (exact) mass is 351 g/mol. The first-order valence-electron chi connectivity index (χ1n) is 10.4. The highest BCUT2D eigenvalue weighted by atomic mass is 14.9. The number of benzene rings is 1. The summed E-state index contributed by atoms with van der Waals surface area (Å²) in [6.45, 7) is 0. The van der Waals surface area contributed by atoms with Crippen molar-refractivity contribution in [2.24, 2.45) is 0 Å². The fourth-order valence-electron chi connectivity index (χ4n) is 5.82. The largest absolute Gasteiger partial charge is 0.305 e. The summed E-state index contributed by atoms with van der Waals surface area (Å²) in [5.74, 6) is 0. The van der Waals surface area contributed by atoms with E-state index in [1.165, 1.54) is 86.3 Å². The van der Waals surface area contributed by atoms with Crippen molar-refractivity contribution in [2.75, 3.05) is 0 Å². The lowest BCUT2D eigenvalue weighted by Gasteiger charge is -2.17. The Morgan fingerprint density at radius 3 is 1.74 bits per heavy atom. The third-order valence-electron chi connectivity index (χ3n) is 6.96. The molecule has 4 heterocycles. The van der Waals surface area contributed by atoms with Crippen LogP contribution in [0.1, 0.15) is 48.2 Å². The van der Waals surface area contributed by atoms with Crippen LogP contribution in [0.15, 0.2) is 30.6 Å². The maximum atomic E-state index is 4.89. The predicted octanol–water partition coefficient (Wildman–Crippen LogP) is 5.38. The van der Waals surface area contributed by atoms with E-state index in [0.29, 0.717) is 0 Å². The summed E-state index contributed by atoms with van der Waals surface area (Å²) in [6.07, 6.45) is 13.9. The highest BCUT2D eigenvalue weighted by Crippen LogP contribution is 2.43. The Hall–Kier alpha value is -2.68. The second-order valence-electron chi connectivity index (χ2n) is 8.34. The van der Waals surface area contributed by atoms with Gasteiger partial charge < -0.3 is 4.40 Å². The smallest absolute Gasteiger partial charge is 0.0728 e. The topological polar surface area (TPSA) is 30.2 Å². The highest BCUT2D eigenvalue weighted by molar-refractivity contribution is 6.24. The van der Waals surface area contributed by atoms with Crippen LogP contribution in [0.5, 0.6) is 0 Å². The van der Waals surface area contributed by atoms with Gasteiger partial charge in [0.05, 0.1) is 28.9 Å². The number of hydrogen-bond donors (Lipinski definition) is 0. The average molecular weight is 351 g/mol. The van der Waals surface area contributed by atoms with Crippen LogP contribution in [0.4, 0.5) is 0 Å². The van der Waals surface area contributed by atoms with E-state index in [1.54, 1.807) is 0 Å². The van der Waals surface area contributed by atoms with Crippen LogP contribution in [-0.4, -0.2) is 14.4 Å². The molecule has 3 nitrogen and oxygen atoms in total. The Bertz CT molecular complexity index is 1280.